The van der Waals surface area contributed by atoms with Crippen LogP contribution in [-0.2, 0) is 20.7 Å². The van der Waals surface area contributed by atoms with Gasteiger partial charge in [0.1, 0.15) is 5.60 Å². The molecule has 1 aliphatic carbocycles. The lowest BCUT2D eigenvalue weighted by Gasteiger charge is -2.34. The van der Waals surface area contributed by atoms with Crippen LogP contribution < -0.4 is 0 Å². The van der Waals surface area contributed by atoms with Gasteiger partial charge in [0.15, 0.2) is 5.78 Å². The topological polar surface area (TPSA) is 98.9 Å². The van der Waals surface area contributed by atoms with Crippen molar-refractivity contribution in [3.05, 3.63) is 29.7 Å². The van der Waals surface area contributed by atoms with Crippen molar-refractivity contribution >= 4 is 28.9 Å². The van der Waals surface area contributed by atoms with Crippen LogP contribution in [-0.4, -0.2) is 53.0 Å². The highest BCUT2D eigenvalue weighted by molar-refractivity contribution is 5.93. The number of hydrogen-bond donors (Lipinski definition) is 0. The summed E-state index contributed by atoms with van der Waals surface area (Å²) in [4.78, 5) is 44.4. The zero-order chi connectivity index (χ0) is 24.5. The van der Waals surface area contributed by atoms with Crippen molar-refractivity contribution in [1.82, 2.24) is 9.88 Å². The third-order valence-electron chi connectivity index (χ3n) is 6.85. The Balaban J connectivity index is 1.57. The monoisotopic (exact) mass is 470 g/mol. The van der Waals surface area contributed by atoms with Crippen LogP contribution in [0, 0.1) is 11.8 Å². The molecule has 3 heterocycles. The second kappa shape index (κ2) is 9.76. The fourth-order valence-corrected chi connectivity index (χ4v) is 5.39. The molecule has 4 rings (SSSR count). The fourth-order valence-electron chi connectivity index (χ4n) is 5.39. The molecule has 0 unspecified atom stereocenters. The van der Waals surface area contributed by atoms with Gasteiger partial charge in [0.05, 0.1) is 13.2 Å². The zero-order valence-corrected chi connectivity index (χ0v) is 20.5. The SMILES string of the molecule is COC(=O)c1cc2cc(CC(=O)[C@@H]3[C@H](C4CCCCC4)CCN3C(=O)OC(C)(C)C)cnc2o1. The molecule has 0 radical (unpaired) electrons. The van der Waals surface area contributed by atoms with Crippen molar-refractivity contribution in [2.75, 3.05) is 13.7 Å². The first-order valence-electron chi connectivity index (χ1n) is 12.2. The van der Waals surface area contributed by atoms with Gasteiger partial charge in [-0.1, -0.05) is 32.1 Å². The number of aromatic nitrogens is 1. The maximum absolute atomic E-state index is 13.7. The van der Waals surface area contributed by atoms with Gasteiger partial charge in [-0.05, 0) is 50.7 Å². The summed E-state index contributed by atoms with van der Waals surface area (Å²) in [7, 11) is 1.29. The fraction of sp³-hybridized carbons (Fsp3) is 0.615. The van der Waals surface area contributed by atoms with Gasteiger partial charge >= 0.3 is 12.1 Å². The van der Waals surface area contributed by atoms with E-state index in [0.29, 0.717) is 29.1 Å². The first-order valence-corrected chi connectivity index (χ1v) is 12.2. The number of furan rings is 1. The number of pyridine rings is 1. The second-order valence-electron chi connectivity index (χ2n) is 10.5. The molecule has 2 aromatic heterocycles. The number of carbonyl (C=O) groups excluding carboxylic acids is 3. The van der Waals surface area contributed by atoms with E-state index in [-0.39, 0.29) is 23.9 Å². The molecule has 2 aliphatic rings. The molecule has 8 nitrogen and oxygen atoms in total. The van der Waals surface area contributed by atoms with Crippen LogP contribution in [0.5, 0.6) is 0 Å². The standard InChI is InChI=1S/C26H34N2O6/c1-26(2,3)34-25(31)28-11-10-19(17-8-6-5-7-9-17)22(28)20(29)13-16-12-18-14-21(24(30)32-4)33-23(18)27-15-16/h12,14-15,17,19,22H,5-11,13H2,1-4H3/t19-,22-/m0/s1. The molecule has 0 spiro atoms. The van der Waals surface area contributed by atoms with Crippen molar-refractivity contribution in [2.24, 2.45) is 11.8 Å². The highest BCUT2D eigenvalue weighted by Crippen LogP contribution is 2.40. The van der Waals surface area contributed by atoms with Crippen LogP contribution in [0.4, 0.5) is 4.79 Å². The Hall–Kier alpha value is -2.90. The number of methoxy groups -OCH3 is 1. The number of rotatable bonds is 5. The Kier molecular flexibility index (Phi) is 6.96. The van der Waals surface area contributed by atoms with Gasteiger partial charge < -0.3 is 13.9 Å². The highest BCUT2D eigenvalue weighted by atomic mass is 16.6. The number of esters is 1. The van der Waals surface area contributed by atoms with Crippen molar-refractivity contribution in [2.45, 2.75) is 77.4 Å². The number of nitrogens with zero attached hydrogens (tertiary/aromatic N) is 2. The molecule has 1 aliphatic heterocycles. The lowest BCUT2D eigenvalue weighted by Crippen LogP contribution is -2.47. The van der Waals surface area contributed by atoms with E-state index < -0.39 is 23.7 Å². The molecule has 184 valence electrons. The van der Waals surface area contributed by atoms with Gasteiger partial charge in [0.25, 0.3) is 0 Å². The van der Waals surface area contributed by atoms with Gasteiger partial charge in [0, 0.05) is 30.6 Å². The lowest BCUT2D eigenvalue weighted by molar-refractivity contribution is -0.124. The molecule has 0 N–H and O–H groups in total. The molecule has 0 aromatic carbocycles. The van der Waals surface area contributed by atoms with Gasteiger partial charge in [0.2, 0.25) is 11.5 Å². The number of hydrogen-bond acceptors (Lipinski definition) is 7. The Labute approximate surface area is 200 Å². The quantitative estimate of drug-likeness (QED) is 0.571. The second-order valence-corrected chi connectivity index (χ2v) is 10.5. The van der Waals surface area contributed by atoms with Crippen LogP contribution in [0.15, 0.2) is 22.7 Å². The van der Waals surface area contributed by atoms with Gasteiger partial charge in [-0.3, -0.25) is 9.69 Å². The van der Waals surface area contributed by atoms with E-state index in [1.54, 1.807) is 23.2 Å². The predicted octanol–water partition coefficient (Wildman–Crippen LogP) is 4.93. The lowest BCUT2D eigenvalue weighted by atomic mass is 9.75. The molecule has 1 saturated heterocycles. The molecule has 34 heavy (non-hydrogen) atoms. The van der Waals surface area contributed by atoms with Crippen molar-refractivity contribution in [3.63, 3.8) is 0 Å². The number of likely N-dealkylation sites (tertiary alicyclic amines) is 1. The molecular weight excluding hydrogens is 436 g/mol. The first kappa shape index (κ1) is 24.2. The van der Waals surface area contributed by atoms with E-state index in [0.717, 1.165) is 19.3 Å². The van der Waals surface area contributed by atoms with E-state index in [1.165, 1.54) is 26.4 Å². The van der Waals surface area contributed by atoms with E-state index in [9.17, 15) is 14.4 Å². The Bertz CT molecular complexity index is 1060. The largest absolute Gasteiger partial charge is 0.463 e. The van der Waals surface area contributed by atoms with E-state index in [4.69, 9.17) is 13.9 Å². The Morgan fingerprint density at radius 1 is 1.12 bits per heavy atom. The number of fused-ring (bicyclic) bond motifs is 1. The summed E-state index contributed by atoms with van der Waals surface area (Å²) in [5.41, 5.74) is 0.405. The summed E-state index contributed by atoms with van der Waals surface area (Å²) in [5, 5.41) is 0.630. The maximum Gasteiger partial charge on any atom is 0.410 e. The molecular formula is C26H34N2O6. The van der Waals surface area contributed by atoms with Crippen molar-refractivity contribution < 1.29 is 28.3 Å². The van der Waals surface area contributed by atoms with E-state index in [2.05, 4.69) is 4.98 Å². The number of carbonyl (C=O) groups is 3. The van der Waals surface area contributed by atoms with Crippen LogP contribution in [0.2, 0.25) is 0 Å². The molecule has 2 fully saturated rings. The normalized spacial score (nSPS) is 21.6. The molecule has 1 saturated carbocycles. The van der Waals surface area contributed by atoms with E-state index in [1.807, 2.05) is 20.8 Å². The van der Waals surface area contributed by atoms with Crippen LogP contribution in [0.25, 0.3) is 11.1 Å². The maximum atomic E-state index is 13.7. The third-order valence-corrected chi connectivity index (χ3v) is 6.85. The van der Waals surface area contributed by atoms with Crippen LogP contribution in [0.1, 0.15) is 75.4 Å². The number of amides is 1. The van der Waals surface area contributed by atoms with Gasteiger partial charge in [-0.15, -0.1) is 0 Å². The minimum Gasteiger partial charge on any atom is -0.463 e. The van der Waals surface area contributed by atoms with Crippen LogP contribution in [0.3, 0.4) is 0 Å². The third kappa shape index (κ3) is 5.26. The first-order chi connectivity index (χ1) is 16.2. The number of Topliss-reactive ketones (excluding diaryl/α,β-unsaturated/α-hetero) is 1. The average Bonchev–Trinajstić information content (AvgIpc) is 3.42. The van der Waals surface area contributed by atoms with Crippen LogP contribution >= 0.6 is 0 Å². The van der Waals surface area contributed by atoms with Crippen molar-refractivity contribution in [1.29, 1.82) is 0 Å². The van der Waals surface area contributed by atoms with E-state index >= 15 is 0 Å². The molecule has 2 aromatic rings. The highest BCUT2D eigenvalue weighted by Gasteiger charge is 2.46. The molecule has 1 amide bonds. The molecule has 0 bridgehead atoms. The number of ketones is 1. The minimum absolute atomic E-state index is 0.00299. The zero-order valence-electron chi connectivity index (χ0n) is 20.5. The molecule has 8 heteroatoms. The number of ether oxygens (including phenoxy) is 2. The van der Waals surface area contributed by atoms with Gasteiger partial charge in [-0.25, -0.2) is 14.6 Å². The van der Waals surface area contributed by atoms with Crippen molar-refractivity contribution in [3.8, 4) is 0 Å². The Morgan fingerprint density at radius 3 is 2.53 bits per heavy atom. The summed E-state index contributed by atoms with van der Waals surface area (Å²) in [6, 6.07) is 2.87. The predicted molar refractivity (Wildman–Crippen MR) is 125 cm³/mol. The summed E-state index contributed by atoms with van der Waals surface area (Å²) in [6.45, 7) is 6.05. The summed E-state index contributed by atoms with van der Waals surface area (Å²) in [5.74, 6) is 0.0866. The Morgan fingerprint density at radius 2 is 1.85 bits per heavy atom. The summed E-state index contributed by atoms with van der Waals surface area (Å²) < 4.78 is 15.8. The molecule has 2 atom stereocenters. The summed E-state index contributed by atoms with van der Waals surface area (Å²) >= 11 is 0. The average molecular weight is 471 g/mol. The smallest absolute Gasteiger partial charge is 0.410 e. The summed E-state index contributed by atoms with van der Waals surface area (Å²) in [6.07, 6.45) is 7.95. The van der Waals surface area contributed by atoms with Gasteiger partial charge in [-0.2, -0.15) is 0 Å². The minimum atomic E-state index is -0.624.